The van der Waals surface area contributed by atoms with Crippen molar-refractivity contribution in [1.29, 1.82) is 0 Å². The van der Waals surface area contributed by atoms with Crippen molar-refractivity contribution in [2.24, 2.45) is 5.92 Å². The molecule has 98 valence electrons. The second-order valence-electron chi connectivity index (χ2n) is 4.68. The molecule has 1 aliphatic rings. The molecule has 1 saturated heterocycles. The predicted octanol–water partition coefficient (Wildman–Crippen LogP) is 1.94. The summed E-state index contributed by atoms with van der Waals surface area (Å²) in [4.78, 5) is 11.9. The van der Waals surface area contributed by atoms with Crippen LogP contribution < -0.4 is 10.6 Å². The molecule has 1 amide bonds. The van der Waals surface area contributed by atoms with E-state index in [4.69, 9.17) is 4.74 Å². The number of hydrogen-bond acceptors (Lipinski definition) is 3. The summed E-state index contributed by atoms with van der Waals surface area (Å²) < 4.78 is 5.21. The van der Waals surface area contributed by atoms with Crippen LogP contribution in [0.25, 0.3) is 0 Å². The number of hydrogen-bond donors (Lipinski definition) is 2. The zero-order chi connectivity index (χ0) is 13.0. The van der Waals surface area contributed by atoms with Crippen molar-refractivity contribution in [2.75, 3.05) is 25.6 Å². The fourth-order valence-corrected chi connectivity index (χ4v) is 2.01. The molecule has 0 aliphatic carbocycles. The van der Waals surface area contributed by atoms with Crippen LogP contribution in [0.1, 0.15) is 24.9 Å². The number of benzene rings is 1. The first kappa shape index (κ1) is 13.1. The van der Waals surface area contributed by atoms with Gasteiger partial charge in [0.25, 0.3) is 0 Å². The second kappa shape index (κ2) is 5.98. The summed E-state index contributed by atoms with van der Waals surface area (Å²) in [6.07, 6.45) is 0.820. The van der Waals surface area contributed by atoms with E-state index in [0.717, 1.165) is 12.1 Å². The fourth-order valence-electron chi connectivity index (χ4n) is 2.01. The first-order valence-corrected chi connectivity index (χ1v) is 6.36. The largest absolute Gasteiger partial charge is 0.381 e. The van der Waals surface area contributed by atoms with Crippen molar-refractivity contribution in [2.45, 2.75) is 19.4 Å². The Kier molecular flexibility index (Phi) is 4.33. The quantitative estimate of drug-likeness (QED) is 0.856. The molecular formula is C14H20N2O2. The van der Waals surface area contributed by atoms with Gasteiger partial charge in [0.05, 0.1) is 12.5 Å². The van der Waals surface area contributed by atoms with Gasteiger partial charge in [0, 0.05) is 18.3 Å². The lowest BCUT2D eigenvalue weighted by Gasteiger charge is -2.12. The van der Waals surface area contributed by atoms with Crippen LogP contribution in [0.15, 0.2) is 24.3 Å². The Bertz CT molecular complexity index is 397. The van der Waals surface area contributed by atoms with Crippen LogP contribution in [-0.4, -0.2) is 26.2 Å². The smallest absolute Gasteiger partial charge is 0.229 e. The van der Waals surface area contributed by atoms with Crippen molar-refractivity contribution >= 4 is 11.6 Å². The van der Waals surface area contributed by atoms with Gasteiger partial charge in [0.2, 0.25) is 5.91 Å². The van der Waals surface area contributed by atoms with Crippen LogP contribution in [0, 0.1) is 5.92 Å². The van der Waals surface area contributed by atoms with Gasteiger partial charge in [-0.2, -0.15) is 0 Å². The van der Waals surface area contributed by atoms with Crippen molar-refractivity contribution < 1.29 is 9.53 Å². The summed E-state index contributed by atoms with van der Waals surface area (Å²) in [5.41, 5.74) is 2.05. The maximum Gasteiger partial charge on any atom is 0.229 e. The molecule has 4 nitrogen and oxygen atoms in total. The molecule has 1 aromatic rings. The standard InChI is InChI=1S/C14H20N2O2/c1-10(15-2)11-3-5-13(6-4-11)16-14(17)12-7-8-18-9-12/h3-6,10,12,15H,7-9H2,1-2H3,(H,16,17). The molecule has 1 aliphatic heterocycles. The second-order valence-corrected chi connectivity index (χ2v) is 4.68. The normalized spacial score (nSPS) is 20.7. The molecule has 1 fully saturated rings. The third-order valence-electron chi connectivity index (χ3n) is 3.41. The van der Waals surface area contributed by atoms with Crippen molar-refractivity contribution in [3.8, 4) is 0 Å². The third kappa shape index (κ3) is 3.09. The number of ether oxygens (including phenoxy) is 1. The van der Waals surface area contributed by atoms with Crippen LogP contribution in [0.5, 0.6) is 0 Å². The Morgan fingerprint density at radius 2 is 2.11 bits per heavy atom. The van der Waals surface area contributed by atoms with Crippen molar-refractivity contribution in [1.82, 2.24) is 5.32 Å². The number of amides is 1. The molecule has 2 atom stereocenters. The molecule has 1 heterocycles. The first-order valence-electron chi connectivity index (χ1n) is 6.36. The highest BCUT2D eigenvalue weighted by Gasteiger charge is 2.23. The minimum absolute atomic E-state index is 0.000841. The van der Waals surface area contributed by atoms with Gasteiger partial charge in [-0.25, -0.2) is 0 Å². The van der Waals surface area contributed by atoms with E-state index in [1.807, 2.05) is 31.3 Å². The lowest BCUT2D eigenvalue weighted by Crippen LogP contribution is -2.22. The molecule has 0 aromatic heterocycles. The van der Waals surface area contributed by atoms with E-state index >= 15 is 0 Å². The number of carbonyl (C=O) groups is 1. The molecule has 0 saturated carbocycles. The summed E-state index contributed by atoms with van der Waals surface area (Å²) >= 11 is 0. The lowest BCUT2D eigenvalue weighted by atomic mass is 10.1. The number of rotatable bonds is 4. The van der Waals surface area contributed by atoms with Crippen LogP contribution in [0.4, 0.5) is 5.69 Å². The number of nitrogens with one attached hydrogen (secondary N) is 2. The van der Waals surface area contributed by atoms with Gasteiger partial charge in [-0.1, -0.05) is 12.1 Å². The SMILES string of the molecule is CNC(C)c1ccc(NC(=O)C2CCOC2)cc1. The minimum Gasteiger partial charge on any atom is -0.381 e. The third-order valence-corrected chi connectivity index (χ3v) is 3.41. The van der Waals surface area contributed by atoms with Gasteiger partial charge >= 0.3 is 0 Å². The highest BCUT2D eigenvalue weighted by atomic mass is 16.5. The maximum absolute atomic E-state index is 11.9. The van der Waals surface area contributed by atoms with Gasteiger partial charge in [0.1, 0.15) is 0 Å². The van der Waals surface area contributed by atoms with Gasteiger partial charge in [-0.15, -0.1) is 0 Å². The molecular weight excluding hydrogens is 228 g/mol. The van der Waals surface area contributed by atoms with E-state index in [1.54, 1.807) is 0 Å². The minimum atomic E-state index is 0.000841. The van der Waals surface area contributed by atoms with E-state index in [2.05, 4.69) is 17.6 Å². The Balaban J connectivity index is 1.95. The van der Waals surface area contributed by atoms with Crippen molar-refractivity contribution in [3.63, 3.8) is 0 Å². The average molecular weight is 248 g/mol. The zero-order valence-corrected chi connectivity index (χ0v) is 10.9. The molecule has 2 unspecified atom stereocenters. The molecule has 4 heteroatoms. The molecule has 18 heavy (non-hydrogen) atoms. The molecule has 1 aromatic carbocycles. The number of carbonyl (C=O) groups excluding carboxylic acids is 1. The van der Waals surface area contributed by atoms with E-state index in [0.29, 0.717) is 19.3 Å². The zero-order valence-electron chi connectivity index (χ0n) is 10.9. The van der Waals surface area contributed by atoms with E-state index in [1.165, 1.54) is 5.56 Å². The summed E-state index contributed by atoms with van der Waals surface area (Å²) in [6, 6.07) is 8.26. The Morgan fingerprint density at radius 1 is 1.39 bits per heavy atom. The van der Waals surface area contributed by atoms with Crippen LogP contribution >= 0.6 is 0 Å². The highest BCUT2D eigenvalue weighted by molar-refractivity contribution is 5.92. The highest BCUT2D eigenvalue weighted by Crippen LogP contribution is 2.18. The van der Waals surface area contributed by atoms with Crippen molar-refractivity contribution in [3.05, 3.63) is 29.8 Å². The van der Waals surface area contributed by atoms with Gasteiger partial charge in [-0.3, -0.25) is 4.79 Å². The molecule has 2 N–H and O–H groups in total. The summed E-state index contributed by atoms with van der Waals surface area (Å²) in [5, 5.41) is 6.11. The fraction of sp³-hybridized carbons (Fsp3) is 0.500. The van der Waals surface area contributed by atoms with Crippen LogP contribution in [0.2, 0.25) is 0 Å². The van der Waals surface area contributed by atoms with Gasteiger partial charge < -0.3 is 15.4 Å². The van der Waals surface area contributed by atoms with Crippen LogP contribution in [0.3, 0.4) is 0 Å². The predicted molar refractivity (Wildman–Crippen MR) is 71.5 cm³/mol. The summed E-state index contributed by atoms with van der Waals surface area (Å²) in [5.74, 6) is 0.0582. The monoisotopic (exact) mass is 248 g/mol. The first-order chi connectivity index (χ1) is 8.70. The van der Waals surface area contributed by atoms with Gasteiger partial charge in [-0.05, 0) is 38.1 Å². The molecule has 0 radical (unpaired) electrons. The Morgan fingerprint density at radius 3 is 2.67 bits per heavy atom. The van der Waals surface area contributed by atoms with E-state index in [9.17, 15) is 4.79 Å². The number of anilines is 1. The molecule has 2 rings (SSSR count). The molecule has 0 spiro atoms. The van der Waals surface area contributed by atoms with Gasteiger partial charge in [0.15, 0.2) is 0 Å². The molecule has 0 bridgehead atoms. The van der Waals surface area contributed by atoms with E-state index < -0.39 is 0 Å². The van der Waals surface area contributed by atoms with Crippen LogP contribution in [-0.2, 0) is 9.53 Å². The maximum atomic E-state index is 11.9. The summed E-state index contributed by atoms with van der Waals surface area (Å²) in [7, 11) is 1.93. The Labute approximate surface area is 108 Å². The average Bonchev–Trinajstić information content (AvgIpc) is 2.92. The lowest BCUT2D eigenvalue weighted by molar-refractivity contribution is -0.119. The Hall–Kier alpha value is -1.39. The topological polar surface area (TPSA) is 50.4 Å². The summed E-state index contributed by atoms with van der Waals surface area (Å²) in [6.45, 7) is 3.33. The van der Waals surface area contributed by atoms with E-state index in [-0.39, 0.29) is 11.8 Å².